The van der Waals surface area contributed by atoms with Crippen molar-refractivity contribution in [2.45, 2.75) is 84.8 Å². The average Bonchev–Trinajstić information content (AvgIpc) is 3.38. The minimum Gasteiger partial charge on any atom is -0.313 e. The van der Waals surface area contributed by atoms with Crippen molar-refractivity contribution in [2.75, 3.05) is 26.7 Å². The SMILES string of the molecule is CCC(=O)N1CCCc2ccc(Br)cc2C1.CCC(=O)N1CCCc2ccccc2C1.CNC(=O)n1ccnc1.[B]=NS.c1ccc2c(c1)CCCNC2. The number of thiol groups is 1. The van der Waals surface area contributed by atoms with Gasteiger partial charge in [-0.25, -0.2) is 9.78 Å². The first-order valence-electron chi connectivity index (χ1n) is 18.7. The van der Waals surface area contributed by atoms with Crippen molar-refractivity contribution < 1.29 is 14.4 Å². The topological polar surface area (TPSA) is 112 Å². The number of imidazole rings is 1. The van der Waals surface area contributed by atoms with E-state index in [4.69, 9.17) is 0 Å². The first kappa shape index (κ1) is 44.3. The maximum atomic E-state index is 11.7. The Morgan fingerprint density at radius 1 is 0.815 bits per heavy atom. The predicted molar refractivity (Wildman–Crippen MR) is 224 cm³/mol. The second-order valence-electron chi connectivity index (χ2n) is 12.9. The fourth-order valence-electron chi connectivity index (χ4n) is 6.41. The third-order valence-electron chi connectivity index (χ3n) is 9.25. The van der Waals surface area contributed by atoms with Gasteiger partial charge < -0.3 is 20.4 Å². The minimum absolute atomic E-state index is 0.174. The Hall–Kier alpha value is -4.07. The quantitative estimate of drug-likeness (QED) is 0.144. The fourth-order valence-corrected chi connectivity index (χ4v) is 6.82. The van der Waals surface area contributed by atoms with Crippen molar-refractivity contribution in [3.05, 3.63) is 123 Å². The molecule has 0 saturated heterocycles. The van der Waals surface area contributed by atoms with E-state index < -0.39 is 0 Å². The maximum absolute atomic E-state index is 11.7. The molecule has 4 aromatic rings. The van der Waals surface area contributed by atoms with Crippen LogP contribution in [0.25, 0.3) is 0 Å². The van der Waals surface area contributed by atoms with Crippen molar-refractivity contribution in [1.82, 2.24) is 30.0 Å². The molecule has 1 aromatic heterocycles. The molecule has 0 atom stereocenters. The molecular weight excluding hydrogens is 761 g/mol. The summed E-state index contributed by atoms with van der Waals surface area (Å²) in [7, 11) is 5.91. The number of fused-ring (bicyclic) bond motifs is 3. The normalized spacial score (nSPS) is 14.1. The van der Waals surface area contributed by atoms with Crippen LogP contribution in [-0.2, 0) is 48.5 Å². The van der Waals surface area contributed by atoms with Gasteiger partial charge >= 0.3 is 30.8 Å². The molecule has 0 fully saturated rings. The maximum Gasteiger partial charge on any atom is 0.0208 e. The predicted octanol–water partition coefficient (Wildman–Crippen LogP) is 7.48. The van der Waals surface area contributed by atoms with E-state index in [0.717, 1.165) is 69.4 Å². The largest absolute Gasteiger partial charge is 0.313 e. The number of rotatable bonds is 2. The fraction of sp³-hybridized carbons (Fsp3) is 0.415. The van der Waals surface area contributed by atoms with Crippen molar-refractivity contribution >= 4 is 54.2 Å². The zero-order valence-electron chi connectivity index (χ0n) is 31.8. The molecular formula is C41H54BBrN7O3S. The summed E-state index contributed by atoms with van der Waals surface area (Å²) in [5.41, 5.74) is 8.39. The van der Waals surface area contributed by atoms with Crippen molar-refractivity contribution in [3.63, 3.8) is 0 Å². The first-order chi connectivity index (χ1) is 26.2. The number of carbonyl (C=O) groups excluding carboxylic acids is 3. The Bertz CT molecular complexity index is 1730. The molecule has 0 aliphatic carbocycles. The van der Waals surface area contributed by atoms with E-state index in [1.807, 2.05) is 23.6 Å². The number of aryl methyl sites for hydroxylation is 3. The van der Waals surface area contributed by atoms with Crippen molar-refractivity contribution in [2.24, 2.45) is 4.30 Å². The molecule has 0 saturated carbocycles. The molecule has 1 radical (unpaired) electrons. The van der Waals surface area contributed by atoms with Crippen LogP contribution in [0.2, 0.25) is 0 Å². The minimum atomic E-state index is -0.174. The number of hydrogen-bond acceptors (Lipinski definition) is 7. The summed E-state index contributed by atoms with van der Waals surface area (Å²) in [4.78, 5) is 41.7. The Morgan fingerprint density at radius 3 is 1.89 bits per heavy atom. The van der Waals surface area contributed by atoms with Crippen LogP contribution in [0, 0.1) is 0 Å². The Morgan fingerprint density at radius 2 is 1.33 bits per heavy atom. The number of halogens is 1. The van der Waals surface area contributed by atoms with Gasteiger partial charge in [-0.15, -0.1) is 0 Å². The summed E-state index contributed by atoms with van der Waals surface area (Å²) in [5.74, 6) is 0.527. The Kier molecular flexibility index (Phi) is 20.6. The van der Waals surface area contributed by atoms with Crippen LogP contribution in [-0.4, -0.2) is 71.5 Å². The molecule has 13 heteroatoms. The molecule has 2 N–H and O–H groups in total. The van der Waals surface area contributed by atoms with Crippen LogP contribution in [0.4, 0.5) is 4.79 Å². The van der Waals surface area contributed by atoms with E-state index >= 15 is 0 Å². The Labute approximate surface area is 336 Å². The van der Waals surface area contributed by atoms with Crippen molar-refractivity contribution in [1.29, 1.82) is 0 Å². The monoisotopic (exact) mass is 814 g/mol. The van der Waals surface area contributed by atoms with E-state index in [-0.39, 0.29) is 17.8 Å². The van der Waals surface area contributed by atoms with Gasteiger partial charge in [0, 0.05) is 69.5 Å². The summed E-state index contributed by atoms with van der Waals surface area (Å²) in [5, 5.41) is 5.85. The first-order valence-corrected chi connectivity index (χ1v) is 19.8. The van der Waals surface area contributed by atoms with E-state index in [1.165, 1.54) is 57.1 Å². The van der Waals surface area contributed by atoms with Crippen LogP contribution < -0.4 is 10.6 Å². The number of nitrogens with zero attached hydrogens (tertiary/aromatic N) is 5. The standard InChI is InChI=1S/C13H16BrNO.C13H17NO.C10H13N.C5H7N3O.BHNS/c1-2-13(16)15-7-3-4-10-5-6-12(14)8-11(10)9-15;1-2-13(15)14-9-5-8-11-6-3-4-7-12(11)10-14;1-2-5-10-8-11-7-3-6-9(10)4-1;1-6-5(9)8-3-2-7-4-8;1-2-3/h5-6,8H,2-4,7,9H2,1H3;3-4,6-7H,2,5,8-10H2,1H3;1-2,4-5,11H,3,6-8H2;2-4H,1H3,(H,6,9);3H. The summed E-state index contributed by atoms with van der Waals surface area (Å²) in [6.45, 7) is 9.42. The van der Waals surface area contributed by atoms with Crippen molar-refractivity contribution in [3.8, 4) is 0 Å². The van der Waals surface area contributed by atoms with Gasteiger partial charge in [-0.05, 0) is 90.6 Å². The zero-order chi connectivity index (χ0) is 39.1. The second-order valence-corrected chi connectivity index (χ2v) is 14.1. The van der Waals surface area contributed by atoms with Gasteiger partial charge in [0.25, 0.3) is 0 Å². The van der Waals surface area contributed by atoms with Gasteiger partial charge in [0.2, 0.25) is 11.8 Å². The molecule has 10 nitrogen and oxygen atoms in total. The third kappa shape index (κ3) is 15.0. The van der Waals surface area contributed by atoms with E-state index in [0.29, 0.717) is 12.8 Å². The number of benzene rings is 3. The van der Waals surface area contributed by atoms with Crippen LogP contribution in [0.1, 0.15) is 79.3 Å². The van der Waals surface area contributed by atoms with Gasteiger partial charge in [-0.2, -0.15) is 0 Å². The summed E-state index contributed by atoms with van der Waals surface area (Å²) in [6.07, 6.45) is 12.6. The van der Waals surface area contributed by atoms with Gasteiger partial charge in [-0.3, -0.25) is 14.2 Å². The summed E-state index contributed by atoms with van der Waals surface area (Å²) in [6, 6.07) is 23.4. The number of amides is 3. The summed E-state index contributed by atoms with van der Waals surface area (Å²) >= 11 is 6.68. The number of aromatic nitrogens is 2. The van der Waals surface area contributed by atoms with Crippen LogP contribution in [0.3, 0.4) is 0 Å². The molecule has 3 aromatic carbocycles. The van der Waals surface area contributed by atoms with E-state index in [1.54, 1.807) is 19.4 Å². The van der Waals surface area contributed by atoms with E-state index in [2.05, 4.69) is 123 Å². The molecule has 3 amide bonds. The molecule has 0 bridgehead atoms. The van der Waals surface area contributed by atoms with Gasteiger partial charge in [0.1, 0.15) is 6.33 Å². The molecule has 7 rings (SSSR count). The van der Waals surface area contributed by atoms with Crippen LogP contribution >= 0.6 is 28.7 Å². The third-order valence-corrected chi connectivity index (χ3v) is 9.75. The molecule has 4 heterocycles. The summed E-state index contributed by atoms with van der Waals surface area (Å²) < 4.78 is 5.15. The molecule has 0 unspecified atom stereocenters. The van der Waals surface area contributed by atoms with Gasteiger partial charge in [0.15, 0.2) is 0 Å². The Balaban J connectivity index is 0.000000193. The number of hydrogen-bond donors (Lipinski definition) is 3. The smallest absolute Gasteiger partial charge is 0.0208 e. The van der Waals surface area contributed by atoms with E-state index in [9.17, 15) is 14.4 Å². The zero-order valence-corrected chi connectivity index (χ0v) is 34.3. The molecule has 3 aliphatic heterocycles. The number of nitrogens with one attached hydrogen (secondary N) is 2. The molecule has 54 heavy (non-hydrogen) atoms. The molecule has 287 valence electrons. The molecule has 3 aliphatic rings. The van der Waals surface area contributed by atoms with Gasteiger partial charge in [0.05, 0.1) is 0 Å². The number of carbonyl (C=O) groups is 3. The second kappa shape index (κ2) is 25.1. The van der Waals surface area contributed by atoms with Crippen LogP contribution in [0.15, 0.2) is 94.2 Å². The molecule has 0 spiro atoms. The van der Waals surface area contributed by atoms with Gasteiger partial charge in [-0.1, -0.05) is 84.4 Å². The average molecular weight is 816 g/mol. The van der Waals surface area contributed by atoms with Crippen LogP contribution in [0.5, 0.6) is 0 Å².